The molecular formula is C13H12ClFO2. The smallest absolute Gasteiger partial charge is 0.169 e. The second-order valence-electron chi connectivity index (χ2n) is 4.32. The molecule has 1 aromatic rings. The van der Waals surface area contributed by atoms with Crippen LogP contribution in [0.5, 0.6) is 0 Å². The zero-order valence-electron chi connectivity index (χ0n) is 9.21. The van der Waals surface area contributed by atoms with Crippen molar-refractivity contribution in [3.05, 3.63) is 34.6 Å². The van der Waals surface area contributed by atoms with Gasteiger partial charge in [0.2, 0.25) is 0 Å². The lowest BCUT2D eigenvalue weighted by molar-refractivity contribution is -0.121. The maximum absolute atomic E-state index is 13.5. The molecule has 0 aromatic heterocycles. The number of hydrogen-bond donors (Lipinski definition) is 0. The summed E-state index contributed by atoms with van der Waals surface area (Å²) in [4.78, 5) is 23.4. The molecule has 0 spiro atoms. The second kappa shape index (κ2) is 4.96. The first-order valence-electron chi connectivity index (χ1n) is 5.59. The van der Waals surface area contributed by atoms with E-state index in [1.54, 1.807) is 0 Å². The van der Waals surface area contributed by atoms with Gasteiger partial charge in [-0.3, -0.25) is 9.59 Å². The minimum Gasteiger partial charge on any atom is -0.300 e. The minimum absolute atomic E-state index is 0.00259. The van der Waals surface area contributed by atoms with Crippen LogP contribution >= 0.6 is 11.6 Å². The molecule has 0 heterocycles. The molecule has 1 aliphatic carbocycles. The summed E-state index contributed by atoms with van der Waals surface area (Å²) in [5.74, 6) is -1.18. The van der Waals surface area contributed by atoms with Crippen LogP contribution in [0.25, 0.3) is 0 Å². The maximum Gasteiger partial charge on any atom is 0.169 e. The average molecular weight is 255 g/mol. The van der Waals surface area contributed by atoms with Crippen LogP contribution < -0.4 is 0 Å². The molecular weight excluding hydrogens is 243 g/mol. The normalized spacial score (nSPS) is 20.4. The van der Waals surface area contributed by atoms with E-state index in [0.717, 1.165) is 0 Å². The molecule has 0 N–H and O–H groups in total. The lowest BCUT2D eigenvalue weighted by atomic mass is 9.83. The van der Waals surface area contributed by atoms with Crippen LogP contribution in [0.4, 0.5) is 4.39 Å². The van der Waals surface area contributed by atoms with Crippen LogP contribution in [-0.4, -0.2) is 11.6 Å². The van der Waals surface area contributed by atoms with E-state index in [1.807, 2.05) is 0 Å². The Bertz CT molecular complexity index is 470. The van der Waals surface area contributed by atoms with Crippen LogP contribution in [0, 0.1) is 11.7 Å². The highest BCUT2D eigenvalue weighted by atomic mass is 35.5. The van der Waals surface area contributed by atoms with Gasteiger partial charge in [-0.25, -0.2) is 4.39 Å². The molecule has 4 heteroatoms. The molecule has 1 atom stereocenters. The molecule has 1 aliphatic rings. The van der Waals surface area contributed by atoms with E-state index in [0.29, 0.717) is 24.3 Å². The van der Waals surface area contributed by atoms with Gasteiger partial charge in [-0.2, -0.15) is 0 Å². The number of rotatable bonds is 2. The predicted octanol–water partition coefficient (Wildman–Crippen LogP) is 3.42. The van der Waals surface area contributed by atoms with Crippen molar-refractivity contribution < 1.29 is 14.0 Å². The van der Waals surface area contributed by atoms with Gasteiger partial charge in [-0.05, 0) is 31.0 Å². The lowest BCUT2D eigenvalue weighted by Crippen LogP contribution is -2.23. The first-order valence-corrected chi connectivity index (χ1v) is 5.96. The van der Waals surface area contributed by atoms with Gasteiger partial charge >= 0.3 is 0 Å². The van der Waals surface area contributed by atoms with Gasteiger partial charge in [0.05, 0.1) is 5.56 Å². The van der Waals surface area contributed by atoms with E-state index in [1.165, 1.54) is 18.2 Å². The summed E-state index contributed by atoms with van der Waals surface area (Å²) >= 11 is 5.74. The molecule has 0 amide bonds. The van der Waals surface area contributed by atoms with Gasteiger partial charge in [0.25, 0.3) is 0 Å². The Hall–Kier alpha value is -1.22. The molecule has 1 fully saturated rings. The van der Waals surface area contributed by atoms with E-state index in [9.17, 15) is 14.0 Å². The topological polar surface area (TPSA) is 34.1 Å². The van der Waals surface area contributed by atoms with Crippen LogP contribution in [0.1, 0.15) is 36.0 Å². The number of halogens is 2. The predicted molar refractivity (Wildman–Crippen MR) is 62.7 cm³/mol. The molecule has 17 heavy (non-hydrogen) atoms. The van der Waals surface area contributed by atoms with Gasteiger partial charge in [-0.1, -0.05) is 11.6 Å². The van der Waals surface area contributed by atoms with Crippen molar-refractivity contribution in [1.82, 2.24) is 0 Å². The number of benzene rings is 1. The van der Waals surface area contributed by atoms with Crippen molar-refractivity contribution in [3.8, 4) is 0 Å². The molecule has 0 radical (unpaired) electrons. The van der Waals surface area contributed by atoms with E-state index in [-0.39, 0.29) is 29.5 Å². The molecule has 2 rings (SSSR count). The molecule has 0 bridgehead atoms. The Kier molecular flexibility index (Phi) is 3.57. The summed E-state index contributed by atoms with van der Waals surface area (Å²) in [5.41, 5.74) is -0.00259. The lowest BCUT2D eigenvalue weighted by Gasteiger charge is -2.19. The number of ketones is 2. The van der Waals surface area contributed by atoms with Gasteiger partial charge in [0, 0.05) is 23.8 Å². The molecule has 1 unspecified atom stereocenters. The van der Waals surface area contributed by atoms with Crippen molar-refractivity contribution in [2.45, 2.75) is 25.7 Å². The molecule has 1 aromatic carbocycles. The summed E-state index contributed by atoms with van der Waals surface area (Å²) in [5, 5.41) is 0.330. The average Bonchev–Trinajstić information content (AvgIpc) is 2.31. The summed E-state index contributed by atoms with van der Waals surface area (Å²) in [6.45, 7) is 0. The maximum atomic E-state index is 13.5. The number of hydrogen-bond acceptors (Lipinski definition) is 2. The Morgan fingerprint density at radius 2 is 2.18 bits per heavy atom. The molecule has 2 nitrogen and oxygen atoms in total. The van der Waals surface area contributed by atoms with Gasteiger partial charge in [0.15, 0.2) is 5.78 Å². The summed E-state index contributed by atoms with van der Waals surface area (Å²) in [6, 6.07) is 3.91. The zero-order valence-corrected chi connectivity index (χ0v) is 9.97. The van der Waals surface area contributed by atoms with Crippen molar-refractivity contribution in [3.63, 3.8) is 0 Å². The Morgan fingerprint density at radius 3 is 2.88 bits per heavy atom. The Morgan fingerprint density at radius 1 is 1.41 bits per heavy atom. The first kappa shape index (κ1) is 12.2. The van der Waals surface area contributed by atoms with Crippen LogP contribution in [0.3, 0.4) is 0 Å². The quantitative estimate of drug-likeness (QED) is 0.758. The van der Waals surface area contributed by atoms with E-state index in [4.69, 9.17) is 11.6 Å². The molecule has 1 saturated carbocycles. The molecule has 0 saturated heterocycles. The minimum atomic E-state index is -0.572. The standard InChI is InChI=1S/C13H12ClFO2/c14-9-4-5-12(15)11(7-9)13(17)8-2-1-3-10(16)6-8/h4-5,7-8H,1-3,6H2. The number of Topliss-reactive ketones (excluding diaryl/α,β-unsaturated/α-hetero) is 2. The highest BCUT2D eigenvalue weighted by Crippen LogP contribution is 2.27. The number of carbonyl (C=O) groups is 2. The monoisotopic (exact) mass is 254 g/mol. The highest BCUT2D eigenvalue weighted by Gasteiger charge is 2.28. The Balaban J connectivity index is 2.24. The fourth-order valence-electron chi connectivity index (χ4n) is 2.15. The fourth-order valence-corrected chi connectivity index (χ4v) is 2.33. The van der Waals surface area contributed by atoms with E-state index >= 15 is 0 Å². The van der Waals surface area contributed by atoms with Crippen molar-refractivity contribution in [1.29, 1.82) is 0 Å². The van der Waals surface area contributed by atoms with Gasteiger partial charge in [-0.15, -0.1) is 0 Å². The SMILES string of the molecule is O=C1CCCC(C(=O)c2cc(Cl)ccc2F)C1. The van der Waals surface area contributed by atoms with Crippen molar-refractivity contribution in [2.24, 2.45) is 5.92 Å². The third-order valence-electron chi connectivity index (χ3n) is 3.05. The third kappa shape index (κ3) is 2.72. The molecule has 90 valence electrons. The van der Waals surface area contributed by atoms with Crippen LogP contribution in [-0.2, 0) is 4.79 Å². The summed E-state index contributed by atoms with van der Waals surface area (Å²) in [6.07, 6.45) is 2.11. The highest BCUT2D eigenvalue weighted by molar-refractivity contribution is 6.31. The largest absolute Gasteiger partial charge is 0.300 e. The first-order chi connectivity index (χ1) is 8.08. The van der Waals surface area contributed by atoms with Crippen molar-refractivity contribution in [2.75, 3.05) is 0 Å². The third-order valence-corrected chi connectivity index (χ3v) is 3.28. The number of carbonyl (C=O) groups excluding carboxylic acids is 2. The fraction of sp³-hybridized carbons (Fsp3) is 0.385. The zero-order chi connectivity index (χ0) is 12.4. The molecule has 0 aliphatic heterocycles. The van der Waals surface area contributed by atoms with E-state index < -0.39 is 5.82 Å². The van der Waals surface area contributed by atoms with Crippen LogP contribution in [0.15, 0.2) is 18.2 Å². The van der Waals surface area contributed by atoms with Crippen molar-refractivity contribution >= 4 is 23.2 Å². The van der Waals surface area contributed by atoms with Gasteiger partial charge in [0.1, 0.15) is 11.6 Å². The van der Waals surface area contributed by atoms with E-state index in [2.05, 4.69) is 0 Å². The summed E-state index contributed by atoms with van der Waals surface area (Å²) in [7, 11) is 0. The second-order valence-corrected chi connectivity index (χ2v) is 4.76. The van der Waals surface area contributed by atoms with Gasteiger partial charge < -0.3 is 0 Å². The Labute approximate surface area is 104 Å². The summed E-state index contributed by atoms with van der Waals surface area (Å²) < 4.78 is 13.5. The van der Waals surface area contributed by atoms with Crippen LogP contribution in [0.2, 0.25) is 5.02 Å².